The van der Waals surface area contributed by atoms with Crippen LogP contribution < -0.4 is 0 Å². The van der Waals surface area contributed by atoms with Crippen LogP contribution in [0.3, 0.4) is 0 Å². The summed E-state index contributed by atoms with van der Waals surface area (Å²) >= 11 is 0. The third-order valence-electron chi connectivity index (χ3n) is 11.2. The summed E-state index contributed by atoms with van der Waals surface area (Å²) in [5.74, 6) is 0.348. The zero-order valence-corrected chi connectivity index (χ0v) is 29.0. The number of benzene rings is 6. The molecule has 2 heteroatoms. The molecule has 2 heterocycles. The highest BCUT2D eigenvalue weighted by Gasteiger charge is 2.46. The second kappa shape index (κ2) is 12.1. The van der Waals surface area contributed by atoms with E-state index in [0.717, 1.165) is 40.3 Å². The Labute approximate surface area is 305 Å². The first-order chi connectivity index (χ1) is 25.7. The highest BCUT2D eigenvalue weighted by Crippen LogP contribution is 2.58. The van der Waals surface area contributed by atoms with E-state index in [9.17, 15) is 0 Å². The molecule has 6 aromatic carbocycles. The maximum absolute atomic E-state index is 5.60. The predicted octanol–water partition coefficient (Wildman–Crippen LogP) is 12.2. The van der Waals surface area contributed by atoms with E-state index in [-0.39, 0.29) is 0 Å². The minimum Gasteiger partial charge on any atom is -0.246 e. The molecule has 0 N–H and O–H groups in total. The summed E-state index contributed by atoms with van der Waals surface area (Å²) in [6.07, 6.45) is 0.953. The van der Waals surface area contributed by atoms with Crippen molar-refractivity contribution in [2.45, 2.75) is 24.7 Å². The highest BCUT2D eigenvalue weighted by atomic mass is 14.8. The van der Waals surface area contributed by atoms with E-state index >= 15 is 0 Å². The molecule has 52 heavy (non-hydrogen) atoms. The minimum absolute atomic E-state index is 0.348. The molecule has 2 nitrogen and oxygen atoms in total. The normalized spacial score (nSPS) is 14.9. The Balaban J connectivity index is 1.26. The number of nitrogens with zero attached hydrogens (tertiary/aromatic N) is 2. The highest BCUT2D eigenvalue weighted by molar-refractivity contribution is 5.94. The van der Waals surface area contributed by atoms with Crippen molar-refractivity contribution in [2.24, 2.45) is 0 Å². The van der Waals surface area contributed by atoms with Crippen molar-refractivity contribution in [3.05, 3.63) is 215 Å². The van der Waals surface area contributed by atoms with Gasteiger partial charge in [0.15, 0.2) is 0 Å². The summed E-state index contributed by atoms with van der Waals surface area (Å²) in [5, 5.41) is 0. The van der Waals surface area contributed by atoms with Crippen LogP contribution in [0.1, 0.15) is 46.2 Å². The largest absolute Gasteiger partial charge is 0.246 e. The second-order valence-electron chi connectivity index (χ2n) is 14.1. The average molecular weight is 665 g/mol. The summed E-state index contributed by atoms with van der Waals surface area (Å²) in [7, 11) is 0. The topological polar surface area (TPSA) is 25.8 Å². The Kier molecular flexibility index (Phi) is 7.11. The molecule has 2 aliphatic rings. The van der Waals surface area contributed by atoms with Crippen LogP contribution in [-0.2, 0) is 11.8 Å². The van der Waals surface area contributed by atoms with Gasteiger partial charge in [0.25, 0.3) is 0 Å². The van der Waals surface area contributed by atoms with E-state index in [0.29, 0.717) is 5.92 Å². The third kappa shape index (κ3) is 4.64. The zero-order valence-electron chi connectivity index (χ0n) is 29.0. The average Bonchev–Trinajstić information content (AvgIpc) is 3.51. The minimum atomic E-state index is -0.500. The van der Waals surface area contributed by atoms with Crippen LogP contribution in [0, 0.1) is 0 Å². The van der Waals surface area contributed by atoms with Gasteiger partial charge in [-0.15, -0.1) is 0 Å². The summed E-state index contributed by atoms with van der Waals surface area (Å²) in [5.41, 5.74) is 18.1. The smallest absolute Gasteiger partial charge is 0.0931 e. The molecule has 2 aromatic heterocycles. The molecule has 0 aliphatic heterocycles. The number of hydrogen-bond acceptors (Lipinski definition) is 2. The van der Waals surface area contributed by atoms with Gasteiger partial charge in [0.1, 0.15) is 0 Å². The van der Waals surface area contributed by atoms with Crippen LogP contribution in [0.25, 0.3) is 56.2 Å². The van der Waals surface area contributed by atoms with Crippen molar-refractivity contribution in [3.63, 3.8) is 0 Å². The molecule has 0 radical (unpaired) electrons. The molecule has 0 fully saturated rings. The van der Waals surface area contributed by atoms with E-state index < -0.39 is 5.41 Å². The maximum atomic E-state index is 5.60. The number of rotatable bonds is 5. The number of fused-ring (bicyclic) bond motifs is 6. The van der Waals surface area contributed by atoms with Gasteiger partial charge in [0, 0.05) is 11.1 Å². The Morgan fingerprint density at radius 2 is 1.02 bits per heavy atom. The van der Waals surface area contributed by atoms with Crippen molar-refractivity contribution in [1.82, 2.24) is 9.97 Å². The first-order valence-electron chi connectivity index (χ1n) is 18.2. The molecule has 1 unspecified atom stereocenters. The molecular weight excluding hydrogens is 629 g/mol. The summed E-state index contributed by atoms with van der Waals surface area (Å²) in [4.78, 5) is 10.9. The van der Waals surface area contributed by atoms with Crippen molar-refractivity contribution >= 4 is 0 Å². The molecule has 10 rings (SSSR count). The van der Waals surface area contributed by atoms with Gasteiger partial charge in [0.05, 0.1) is 28.2 Å². The Bertz CT molecular complexity index is 2550. The molecule has 0 saturated heterocycles. The Morgan fingerprint density at radius 1 is 0.442 bits per heavy atom. The van der Waals surface area contributed by atoms with Gasteiger partial charge in [-0.25, -0.2) is 9.97 Å². The fraction of sp³-hybridized carbons (Fsp3) is 0.0800. The quantitative estimate of drug-likeness (QED) is 0.183. The van der Waals surface area contributed by atoms with Crippen LogP contribution >= 0.6 is 0 Å². The van der Waals surface area contributed by atoms with Gasteiger partial charge in [-0.2, -0.15) is 0 Å². The van der Waals surface area contributed by atoms with Crippen LogP contribution in [0.15, 0.2) is 182 Å². The Morgan fingerprint density at radius 3 is 1.71 bits per heavy atom. The number of aromatic nitrogens is 2. The van der Waals surface area contributed by atoms with Crippen molar-refractivity contribution in [2.75, 3.05) is 0 Å². The first kappa shape index (κ1) is 30.4. The van der Waals surface area contributed by atoms with Crippen molar-refractivity contribution in [1.29, 1.82) is 0 Å². The molecular formula is C50H36N2. The fourth-order valence-electron chi connectivity index (χ4n) is 8.83. The molecule has 0 amide bonds. The lowest BCUT2D eigenvalue weighted by Crippen LogP contribution is -2.28. The fourth-order valence-corrected chi connectivity index (χ4v) is 8.83. The molecule has 2 aliphatic carbocycles. The first-order valence-corrected chi connectivity index (χ1v) is 18.2. The summed E-state index contributed by atoms with van der Waals surface area (Å²) in [6.45, 7) is 2.31. The monoisotopic (exact) mass is 664 g/mol. The van der Waals surface area contributed by atoms with Gasteiger partial charge in [-0.1, -0.05) is 165 Å². The molecule has 0 spiro atoms. The van der Waals surface area contributed by atoms with Gasteiger partial charge in [0.2, 0.25) is 0 Å². The van der Waals surface area contributed by atoms with Gasteiger partial charge in [-0.05, 0) is 92.2 Å². The van der Waals surface area contributed by atoms with Gasteiger partial charge >= 0.3 is 0 Å². The third-order valence-corrected chi connectivity index (χ3v) is 11.2. The van der Waals surface area contributed by atoms with E-state index in [4.69, 9.17) is 9.97 Å². The van der Waals surface area contributed by atoms with E-state index in [1.807, 2.05) is 0 Å². The van der Waals surface area contributed by atoms with E-state index in [2.05, 4.69) is 189 Å². The zero-order chi connectivity index (χ0) is 34.6. The van der Waals surface area contributed by atoms with Crippen LogP contribution in [0.5, 0.6) is 0 Å². The summed E-state index contributed by atoms with van der Waals surface area (Å²) in [6, 6.07) is 66.1. The Hall–Kier alpha value is -6.38. The molecule has 0 saturated carbocycles. The molecule has 0 bridgehead atoms. The molecule has 8 aromatic rings. The van der Waals surface area contributed by atoms with E-state index in [1.54, 1.807) is 0 Å². The lowest BCUT2D eigenvalue weighted by Gasteiger charge is -2.34. The van der Waals surface area contributed by atoms with Gasteiger partial charge in [-0.3, -0.25) is 0 Å². The number of hydrogen-bond donors (Lipinski definition) is 0. The lowest BCUT2D eigenvalue weighted by atomic mass is 9.67. The maximum Gasteiger partial charge on any atom is 0.0931 e. The standard InChI is InChI=1S/C50H36N2/c1-33-30-36-26-28-46(35-18-8-3-9-19-35)51-48(36)49-39(33)27-29-47(52-49)43-32-45-42(31-41(43)34-16-6-2-7-17-34)40-24-14-15-25-44(40)50(45,37-20-10-4-11-21-37)38-22-12-5-13-23-38/h2-29,31-33H,30H2,1H3. The number of pyridine rings is 2. The lowest BCUT2D eigenvalue weighted by molar-refractivity contribution is 0.738. The molecule has 1 atom stereocenters. The van der Waals surface area contributed by atoms with Gasteiger partial charge < -0.3 is 0 Å². The SMILES string of the molecule is CC1Cc2ccc(-c3ccccc3)nc2-c2nc(-c3cc4c(cc3-c3ccccc3)-c3ccccc3C4(c3ccccc3)c3ccccc3)ccc21. The van der Waals surface area contributed by atoms with Crippen LogP contribution in [0.2, 0.25) is 0 Å². The van der Waals surface area contributed by atoms with Crippen molar-refractivity contribution in [3.8, 4) is 56.2 Å². The predicted molar refractivity (Wildman–Crippen MR) is 213 cm³/mol. The second-order valence-corrected chi connectivity index (χ2v) is 14.1. The van der Waals surface area contributed by atoms with E-state index in [1.165, 1.54) is 55.6 Å². The van der Waals surface area contributed by atoms with Crippen molar-refractivity contribution < 1.29 is 0 Å². The molecule has 246 valence electrons. The van der Waals surface area contributed by atoms with Crippen LogP contribution in [-0.4, -0.2) is 9.97 Å². The van der Waals surface area contributed by atoms with Crippen LogP contribution in [0.4, 0.5) is 0 Å². The summed E-state index contributed by atoms with van der Waals surface area (Å²) < 4.78 is 0.